The maximum atomic E-state index is 6.47. The largest absolute Gasteiger partial charge is 0.455 e. The second kappa shape index (κ2) is 12.3. The van der Waals surface area contributed by atoms with Gasteiger partial charge in [0.15, 0.2) is 17.5 Å². The van der Waals surface area contributed by atoms with Crippen molar-refractivity contribution in [1.82, 2.24) is 24.1 Å². The van der Waals surface area contributed by atoms with Gasteiger partial charge in [-0.25, -0.2) is 15.0 Å². The highest BCUT2D eigenvalue weighted by molar-refractivity contribution is 6.13. The van der Waals surface area contributed by atoms with Gasteiger partial charge in [-0.05, 0) is 54.6 Å². The number of furan rings is 1. The number of nitrogens with zero attached hydrogens (tertiary/aromatic N) is 5. The molecule has 0 saturated heterocycles. The Morgan fingerprint density at radius 1 is 0.333 bits per heavy atom. The third-order valence-corrected chi connectivity index (χ3v) is 11.2. The van der Waals surface area contributed by atoms with Crippen LogP contribution in [0.4, 0.5) is 0 Å². The molecule has 6 heteroatoms. The molecule has 8 aromatic carbocycles. The zero-order chi connectivity index (χ0) is 37.5. The molecule has 0 aliphatic carbocycles. The fraction of sp³-hybridized carbons (Fsp3) is 0. The summed E-state index contributed by atoms with van der Waals surface area (Å²) in [7, 11) is 0. The van der Waals surface area contributed by atoms with Crippen LogP contribution in [0.2, 0.25) is 0 Å². The van der Waals surface area contributed by atoms with Gasteiger partial charge in [-0.1, -0.05) is 133 Å². The molecule has 4 heterocycles. The van der Waals surface area contributed by atoms with Crippen molar-refractivity contribution >= 4 is 65.6 Å². The lowest BCUT2D eigenvalue weighted by molar-refractivity contribution is 0.669. The molecule has 12 aromatic rings. The van der Waals surface area contributed by atoms with Crippen molar-refractivity contribution in [2.75, 3.05) is 0 Å². The summed E-state index contributed by atoms with van der Waals surface area (Å²) in [4.78, 5) is 15.4. The molecule has 0 spiro atoms. The van der Waals surface area contributed by atoms with Gasteiger partial charge in [0, 0.05) is 54.8 Å². The van der Waals surface area contributed by atoms with Crippen LogP contribution in [0.25, 0.3) is 111 Å². The van der Waals surface area contributed by atoms with E-state index in [1.807, 2.05) is 60.7 Å². The van der Waals surface area contributed by atoms with E-state index in [1.165, 1.54) is 21.7 Å². The standard InChI is InChI=1S/C51H31N5O/c1-3-14-32(15-4-1)49-52-50(54-51(53-49)42-22-13-21-41-40-20-9-12-25-47(40)57-48(41)42)33-26-28-38-36-18-8-11-24-44(36)56(45(38)30-33)35-27-29-39-37-19-7-10-23-43(37)55(46(39)31-35)34-16-5-2-6-17-34/h1-31H. The smallest absolute Gasteiger partial charge is 0.167 e. The number of hydrogen-bond donors (Lipinski definition) is 0. The van der Waals surface area contributed by atoms with Gasteiger partial charge in [0.25, 0.3) is 0 Å². The predicted molar refractivity (Wildman–Crippen MR) is 232 cm³/mol. The summed E-state index contributed by atoms with van der Waals surface area (Å²) in [5.74, 6) is 1.75. The lowest BCUT2D eigenvalue weighted by Gasteiger charge is -2.12. The van der Waals surface area contributed by atoms with E-state index in [4.69, 9.17) is 19.4 Å². The van der Waals surface area contributed by atoms with E-state index >= 15 is 0 Å². The summed E-state index contributed by atoms with van der Waals surface area (Å²) in [6.07, 6.45) is 0. The molecule has 0 atom stereocenters. The van der Waals surface area contributed by atoms with Crippen molar-refractivity contribution in [3.8, 4) is 45.5 Å². The van der Waals surface area contributed by atoms with Gasteiger partial charge in [-0.2, -0.15) is 0 Å². The first-order valence-electron chi connectivity index (χ1n) is 19.1. The van der Waals surface area contributed by atoms with E-state index in [0.29, 0.717) is 17.5 Å². The molecule has 0 aliphatic rings. The van der Waals surface area contributed by atoms with Crippen LogP contribution in [-0.2, 0) is 0 Å². The topological polar surface area (TPSA) is 61.7 Å². The Hall–Kier alpha value is -7.83. The number of hydrogen-bond acceptors (Lipinski definition) is 4. The molecule has 0 radical (unpaired) electrons. The van der Waals surface area contributed by atoms with Crippen molar-refractivity contribution < 1.29 is 4.42 Å². The van der Waals surface area contributed by atoms with Crippen molar-refractivity contribution in [2.24, 2.45) is 0 Å². The molecule has 4 aromatic heterocycles. The summed E-state index contributed by atoms with van der Waals surface area (Å²) < 4.78 is 11.2. The summed E-state index contributed by atoms with van der Waals surface area (Å²) in [6.45, 7) is 0. The summed E-state index contributed by atoms with van der Waals surface area (Å²) in [6, 6.07) is 65.7. The van der Waals surface area contributed by atoms with Crippen LogP contribution < -0.4 is 0 Å². The maximum Gasteiger partial charge on any atom is 0.167 e. The Balaban J connectivity index is 1.10. The fourth-order valence-corrected chi connectivity index (χ4v) is 8.61. The molecule has 0 bridgehead atoms. The third-order valence-electron chi connectivity index (χ3n) is 11.2. The first kappa shape index (κ1) is 31.5. The minimum absolute atomic E-state index is 0.559. The summed E-state index contributed by atoms with van der Waals surface area (Å²) >= 11 is 0. The molecule has 0 saturated carbocycles. The van der Waals surface area contributed by atoms with Crippen molar-refractivity contribution in [2.45, 2.75) is 0 Å². The van der Waals surface area contributed by atoms with Gasteiger partial charge in [0.2, 0.25) is 0 Å². The third kappa shape index (κ3) is 4.87. The van der Waals surface area contributed by atoms with Crippen LogP contribution in [0, 0.1) is 0 Å². The van der Waals surface area contributed by atoms with E-state index in [9.17, 15) is 0 Å². The molecule has 0 fully saturated rings. The van der Waals surface area contributed by atoms with Gasteiger partial charge in [-0.3, -0.25) is 0 Å². The molecule has 0 aliphatic heterocycles. The molecule has 0 N–H and O–H groups in total. The van der Waals surface area contributed by atoms with E-state index in [1.54, 1.807) is 0 Å². The Bertz CT molecular complexity index is 3520. The normalized spacial score (nSPS) is 11.9. The lowest BCUT2D eigenvalue weighted by Crippen LogP contribution is -2.01. The maximum absolute atomic E-state index is 6.47. The van der Waals surface area contributed by atoms with E-state index in [-0.39, 0.29) is 0 Å². The molecule has 0 amide bonds. The van der Waals surface area contributed by atoms with Crippen LogP contribution in [0.1, 0.15) is 0 Å². The second-order valence-electron chi connectivity index (χ2n) is 14.4. The Morgan fingerprint density at radius 3 is 1.63 bits per heavy atom. The predicted octanol–water partition coefficient (Wildman–Crippen LogP) is 13.0. The highest BCUT2D eigenvalue weighted by Gasteiger charge is 2.20. The lowest BCUT2D eigenvalue weighted by atomic mass is 10.1. The quantitative estimate of drug-likeness (QED) is 0.177. The van der Waals surface area contributed by atoms with Gasteiger partial charge >= 0.3 is 0 Å². The SMILES string of the molecule is c1ccc(-c2nc(-c3ccc4c5ccccc5n(-c5ccc6c7ccccc7n(-c7ccccc7)c6c5)c4c3)nc(-c3cccc4c3oc3ccccc34)n2)cc1. The molecule has 12 rings (SSSR count). The molecular formula is C51H31N5O. The van der Waals surface area contributed by atoms with Gasteiger partial charge < -0.3 is 13.6 Å². The first-order chi connectivity index (χ1) is 28.3. The average molecular weight is 730 g/mol. The second-order valence-corrected chi connectivity index (χ2v) is 14.4. The van der Waals surface area contributed by atoms with Gasteiger partial charge in [-0.15, -0.1) is 0 Å². The highest BCUT2D eigenvalue weighted by Crippen LogP contribution is 2.39. The van der Waals surface area contributed by atoms with Crippen LogP contribution in [-0.4, -0.2) is 24.1 Å². The van der Waals surface area contributed by atoms with Crippen LogP contribution >= 0.6 is 0 Å². The average Bonchev–Trinajstić information content (AvgIpc) is 3.94. The molecular weight excluding hydrogens is 699 g/mol. The van der Waals surface area contributed by atoms with Crippen LogP contribution in [0.5, 0.6) is 0 Å². The van der Waals surface area contributed by atoms with Crippen molar-refractivity contribution in [3.63, 3.8) is 0 Å². The van der Waals surface area contributed by atoms with E-state index in [2.05, 4.69) is 137 Å². The molecule has 0 unspecified atom stereocenters. The van der Waals surface area contributed by atoms with E-state index in [0.717, 1.165) is 71.9 Å². The van der Waals surface area contributed by atoms with Crippen LogP contribution in [0.15, 0.2) is 192 Å². The minimum Gasteiger partial charge on any atom is -0.455 e. The fourth-order valence-electron chi connectivity index (χ4n) is 8.61. The van der Waals surface area contributed by atoms with Gasteiger partial charge in [0.05, 0.1) is 27.6 Å². The zero-order valence-corrected chi connectivity index (χ0v) is 30.5. The molecule has 57 heavy (non-hydrogen) atoms. The highest BCUT2D eigenvalue weighted by atomic mass is 16.3. The number of benzene rings is 8. The zero-order valence-electron chi connectivity index (χ0n) is 30.5. The monoisotopic (exact) mass is 729 g/mol. The Kier molecular flexibility index (Phi) is 6.83. The first-order valence-corrected chi connectivity index (χ1v) is 19.1. The molecule has 6 nitrogen and oxygen atoms in total. The Morgan fingerprint density at radius 2 is 0.877 bits per heavy atom. The van der Waals surface area contributed by atoms with Crippen LogP contribution in [0.3, 0.4) is 0 Å². The number of fused-ring (bicyclic) bond motifs is 9. The number of para-hydroxylation sites is 5. The summed E-state index contributed by atoms with van der Waals surface area (Å²) in [5, 5.41) is 6.87. The number of aromatic nitrogens is 5. The Labute approximate surface area is 326 Å². The van der Waals surface area contributed by atoms with Crippen molar-refractivity contribution in [1.29, 1.82) is 0 Å². The number of rotatable bonds is 5. The summed E-state index contributed by atoms with van der Waals surface area (Å²) in [5.41, 5.74) is 10.9. The minimum atomic E-state index is 0.559. The van der Waals surface area contributed by atoms with Crippen molar-refractivity contribution in [3.05, 3.63) is 188 Å². The van der Waals surface area contributed by atoms with Gasteiger partial charge in [0.1, 0.15) is 11.2 Å². The molecule has 266 valence electrons. The van der Waals surface area contributed by atoms with E-state index < -0.39 is 0 Å².